The van der Waals surface area contributed by atoms with Crippen LogP contribution in [-0.4, -0.2) is 74.9 Å². The number of nitrogens with zero attached hydrogens (tertiary/aromatic N) is 1. The van der Waals surface area contributed by atoms with E-state index in [1.54, 1.807) is 13.8 Å². The van der Waals surface area contributed by atoms with Gasteiger partial charge in [0.15, 0.2) is 0 Å². The van der Waals surface area contributed by atoms with Crippen LogP contribution in [0.2, 0.25) is 0 Å². The topological polar surface area (TPSA) is 169 Å². The van der Waals surface area contributed by atoms with Crippen LogP contribution < -0.4 is 0 Å². The fourth-order valence-corrected chi connectivity index (χ4v) is 2.94. The van der Waals surface area contributed by atoms with Crippen molar-refractivity contribution in [1.29, 1.82) is 0 Å². The van der Waals surface area contributed by atoms with Crippen LogP contribution in [-0.2, 0) is 19.4 Å². The number of aliphatic hydroxyl groups is 4. The fourth-order valence-electron chi connectivity index (χ4n) is 1.63. The van der Waals surface area contributed by atoms with Gasteiger partial charge >= 0.3 is 0 Å². The minimum absolute atomic E-state index is 0.0174. The van der Waals surface area contributed by atoms with Crippen LogP contribution in [0.5, 0.6) is 0 Å². The molecule has 130 valence electrons. The normalized spacial score (nSPS) is 34.0. The van der Waals surface area contributed by atoms with E-state index in [0.717, 1.165) is 0 Å². The van der Waals surface area contributed by atoms with Crippen LogP contribution in [0.15, 0.2) is 5.16 Å². The number of hydrogen-bond acceptors (Lipinski definition) is 11. The van der Waals surface area contributed by atoms with Gasteiger partial charge in [-0.3, -0.25) is 4.28 Å². The molecule has 0 spiro atoms. The lowest BCUT2D eigenvalue weighted by Gasteiger charge is -2.39. The third kappa shape index (κ3) is 5.31. The van der Waals surface area contributed by atoms with E-state index >= 15 is 0 Å². The molecule has 0 aromatic heterocycles. The summed E-state index contributed by atoms with van der Waals surface area (Å²) in [5.41, 5.74) is -1.14. The van der Waals surface area contributed by atoms with E-state index in [1.165, 1.54) is 0 Å². The molecule has 1 aliphatic rings. The summed E-state index contributed by atoms with van der Waals surface area (Å²) in [5.74, 6) is -0.376. The van der Waals surface area contributed by atoms with Gasteiger partial charge in [-0.2, -0.15) is 8.42 Å². The molecule has 0 saturated carbocycles. The summed E-state index contributed by atoms with van der Waals surface area (Å²) < 4.78 is 40.3. The molecule has 1 aliphatic heterocycles. The molecule has 0 unspecified atom stereocenters. The van der Waals surface area contributed by atoms with Crippen molar-refractivity contribution in [2.45, 2.75) is 43.7 Å². The van der Waals surface area contributed by atoms with E-state index in [4.69, 9.17) is 9.84 Å². The van der Waals surface area contributed by atoms with Gasteiger partial charge in [-0.1, -0.05) is 30.8 Å². The minimum atomic E-state index is -5.03. The molecule has 1 heterocycles. The highest BCUT2D eigenvalue weighted by Crippen LogP contribution is 2.31. The maximum Gasteiger partial charge on any atom is 0.284 e. The molecule has 0 amide bonds. The number of thioether (sulfide) groups is 1. The monoisotopic (exact) mass is 360 g/mol. The van der Waals surface area contributed by atoms with E-state index in [2.05, 4.69) is 9.44 Å². The molecular weight excluding hydrogens is 342 g/mol. The minimum Gasteiger partial charge on any atom is -0.714 e. The third-order valence-electron chi connectivity index (χ3n) is 2.80. The van der Waals surface area contributed by atoms with Crippen molar-refractivity contribution >= 4 is 27.2 Å². The molecule has 0 aromatic rings. The van der Waals surface area contributed by atoms with E-state index in [1.807, 2.05) is 0 Å². The Balaban J connectivity index is 2.88. The molecule has 4 N–H and O–H groups in total. The Morgan fingerprint density at radius 2 is 1.91 bits per heavy atom. The standard InChI is InChI=1S/C10H19NO9S2/c1-4(2)9(11-20-22(16,17)18)21-10-8(15)7(14)6(13)5(3-12)19-10/h4-8,10,12-15H,3H2,1-2H3,(H,16,17,18)/p-1/b11-9-/t5-,6-,7+,8-,10+/m1/s1. The second-order valence-electron chi connectivity index (χ2n) is 4.88. The summed E-state index contributed by atoms with van der Waals surface area (Å²) in [6.45, 7) is 2.65. The summed E-state index contributed by atoms with van der Waals surface area (Å²) in [6.07, 6.45) is -5.69. The number of oxime groups is 1. The average Bonchev–Trinajstić information content (AvgIpc) is 2.41. The molecule has 0 aliphatic carbocycles. The molecule has 1 rings (SSSR count). The Morgan fingerprint density at radius 3 is 2.36 bits per heavy atom. The molecule has 5 atom stereocenters. The van der Waals surface area contributed by atoms with E-state index in [9.17, 15) is 28.3 Å². The highest BCUT2D eigenvalue weighted by molar-refractivity contribution is 8.14. The van der Waals surface area contributed by atoms with Crippen molar-refractivity contribution in [3.8, 4) is 0 Å². The molecule has 1 saturated heterocycles. The van der Waals surface area contributed by atoms with E-state index < -0.39 is 46.9 Å². The number of rotatable bonds is 5. The van der Waals surface area contributed by atoms with Crippen molar-refractivity contribution in [2.24, 2.45) is 11.1 Å². The Morgan fingerprint density at radius 1 is 1.32 bits per heavy atom. The van der Waals surface area contributed by atoms with E-state index in [-0.39, 0.29) is 11.0 Å². The van der Waals surface area contributed by atoms with Gasteiger partial charge in [-0.15, -0.1) is 0 Å². The first kappa shape index (κ1) is 19.6. The van der Waals surface area contributed by atoms with Gasteiger partial charge in [0.2, 0.25) is 0 Å². The molecule has 10 nitrogen and oxygen atoms in total. The second kappa shape index (κ2) is 7.88. The summed E-state index contributed by atoms with van der Waals surface area (Å²) in [6, 6.07) is 0. The van der Waals surface area contributed by atoms with Gasteiger partial charge in [-0.05, 0) is 0 Å². The van der Waals surface area contributed by atoms with Crippen molar-refractivity contribution in [3.63, 3.8) is 0 Å². The molecule has 1 fully saturated rings. The van der Waals surface area contributed by atoms with Crippen molar-refractivity contribution in [2.75, 3.05) is 6.61 Å². The van der Waals surface area contributed by atoms with Gasteiger partial charge in [0.25, 0.3) is 10.4 Å². The Bertz CT molecular complexity index is 493. The largest absolute Gasteiger partial charge is 0.714 e. The van der Waals surface area contributed by atoms with Crippen LogP contribution in [0, 0.1) is 5.92 Å². The predicted molar refractivity (Wildman–Crippen MR) is 74.4 cm³/mol. The zero-order valence-corrected chi connectivity index (χ0v) is 13.4. The summed E-state index contributed by atoms with van der Waals surface area (Å²) in [7, 11) is -5.03. The molecule has 0 bridgehead atoms. The van der Waals surface area contributed by atoms with Crippen LogP contribution in [0.25, 0.3) is 0 Å². The van der Waals surface area contributed by atoms with E-state index in [0.29, 0.717) is 11.8 Å². The SMILES string of the molecule is CC(C)/C(=N/OS(=O)(=O)[O-])S[C@@H]1O[C@H](CO)[C@@H](O)[C@H](O)[C@H]1O. The van der Waals surface area contributed by atoms with Crippen LogP contribution in [0.1, 0.15) is 13.8 Å². The van der Waals surface area contributed by atoms with Crippen LogP contribution in [0.4, 0.5) is 0 Å². The third-order valence-corrected chi connectivity index (χ3v) is 4.46. The first-order chi connectivity index (χ1) is 10.1. The Kier molecular flexibility index (Phi) is 7.01. The zero-order valence-electron chi connectivity index (χ0n) is 11.8. The fraction of sp³-hybridized carbons (Fsp3) is 0.900. The smallest absolute Gasteiger partial charge is 0.284 e. The van der Waals surface area contributed by atoms with Crippen LogP contribution >= 0.6 is 11.8 Å². The van der Waals surface area contributed by atoms with Gasteiger partial charge in [-0.25, -0.2) is 0 Å². The summed E-state index contributed by atoms with van der Waals surface area (Å²) >= 11 is 0.715. The van der Waals surface area contributed by atoms with Crippen molar-refractivity contribution in [1.82, 2.24) is 0 Å². The molecule has 12 heteroatoms. The lowest BCUT2D eigenvalue weighted by molar-refractivity contribution is -0.205. The summed E-state index contributed by atoms with van der Waals surface area (Å²) in [4.78, 5) is 0. The highest BCUT2D eigenvalue weighted by atomic mass is 32.3. The maximum atomic E-state index is 10.4. The molecular formula is C10H18NO9S2-. The number of ether oxygens (including phenoxy) is 1. The Labute approximate surface area is 131 Å². The van der Waals surface area contributed by atoms with Crippen molar-refractivity contribution < 1.29 is 42.4 Å². The van der Waals surface area contributed by atoms with Crippen LogP contribution in [0.3, 0.4) is 0 Å². The molecule has 0 radical (unpaired) electrons. The van der Waals surface area contributed by atoms with Gasteiger partial charge in [0.05, 0.1) is 6.61 Å². The highest BCUT2D eigenvalue weighted by Gasteiger charge is 2.44. The lowest BCUT2D eigenvalue weighted by Crippen LogP contribution is -2.57. The molecule has 22 heavy (non-hydrogen) atoms. The van der Waals surface area contributed by atoms with Gasteiger partial charge in [0, 0.05) is 5.92 Å². The quantitative estimate of drug-likeness (QED) is 0.141. The van der Waals surface area contributed by atoms with Gasteiger partial charge in [0.1, 0.15) is 34.9 Å². The summed E-state index contributed by atoms with van der Waals surface area (Å²) in [5, 5.41) is 41.5. The number of hydrogen-bond donors (Lipinski definition) is 4. The molecule has 0 aromatic carbocycles. The number of aliphatic hydroxyl groups excluding tert-OH is 4. The first-order valence-corrected chi connectivity index (χ1v) is 8.47. The maximum absolute atomic E-state index is 10.4. The Hall–Kier alpha value is -0.470. The predicted octanol–water partition coefficient (Wildman–Crippen LogP) is -2.03. The van der Waals surface area contributed by atoms with Gasteiger partial charge < -0.3 is 29.7 Å². The lowest BCUT2D eigenvalue weighted by atomic mass is 10.0. The first-order valence-electron chi connectivity index (χ1n) is 6.26. The average molecular weight is 360 g/mol. The second-order valence-corrected chi connectivity index (χ2v) is 6.97. The zero-order chi connectivity index (χ0) is 17.1. The van der Waals surface area contributed by atoms with Crippen molar-refractivity contribution in [3.05, 3.63) is 0 Å².